The van der Waals surface area contributed by atoms with Gasteiger partial charge in [-0.3, -0.25) is 9.13 Å². The number of hydrogen-bond acceptors (Lipinski definition) is 1. The molecule has 1 aliphatic rings. The summed E-state index contributed by atoms with van der Waals surface area (Å²) in [6.07, 6.45) is 7.71. The van der Waals surface area contributed by atoms with E-state index in [0.717, 1.165) is 19.0 Å². The van der Waals surface area contributed by atoms with E-state index in [9.17, 15) is 4.79 Å². The summed E-state index contributed by atoms with van der Waals surface area (Å²) in [5, 5.41) is 0. The first-order chi connectivity index (χ1) is 6.31. The number of aromatic nitrogens is 2. The predicted octanol–water partition coefficient (Wildman–Crippen LogP) is 1.47. The van der Waals surface area contributed by atoms with E-state index in [0.29, 0.717) is 0 Å². The van der Waals surface area contributed by atoms with E-state index in [-0.39, 0.29) is 5.69 Å². The lowest BCUT2D eigenvalue weighted by Gasteiger charge is -2.24. The van der Waals surface area contributed by atoms with Crippen molar-refractivity contribution in [3.05, 3.63) is 22.9 Å². The molecule has 0 unspecified atom stereocenters. The van der Waals surface area contributed by atoms with Crippen LogP contribution in [-0.2, 0) is 13.1 Å². The second-order valence-corrected chi connectivity index (χ2v) is 3.82. The van der Waals surface area contributed by atoms with Crippen LogP contribution in [0, 0.1) is 5.92 Å². The number of nitrogens with zero attached hydrogens (tertiary/aromatic N) is 2. The van der Waals surface area contributed by atoms with Gasteiger partial charge in [0, 0.05) is 25.5 Å². The van der Waals surface area contributed by atoms with Gasteiger partial charge in [-0.1, -0.05) is 6.42 Å². The monoisotopic (exact) mass is 180 g/mol. The van der Waals surface area contributed by atoms with E-state index in [1.807, 2.05) is 23.9 Å². The van der Waals surface area contributed by atoms with Crippen molar-refractivity contribution in [1.29, 1.82) is 0 Å². The van der Waals surface area contributed by atoms with Gasteiger partial charge in [0.1, 0.15) is 0 Å². The van der Waals surface area contributed by atoms with Crippen LogP contribution in [0.15, 0.2) is 17.2 Å². The zero-order valence-electron chi connectivity index (χ0n) is 8.07. The smallest absolute Gasteiger partial charge is 0.300 e. The van der Waals surface area contributed by atoms with Crippen molar-refractivity contribution in [3.63, 3.8) is 0 Å². The van der Waals surface area contributed by atoms with Gasteiger partial charge in [-0.15, -0.1) is 0 Å². The lowest BCUT2D eigenvalue weighted by molar-refractivity contribution is 0.273. The first kappa shape index (κ1) is 8.60. The van der Waals surface area contributed by atoms with Crippen LogP contribution < -0.4 is 5.69 Å². The molecule has 0 saturated heterocycles. The number of hydrogen-bond donors (Lipinski definition) is 0. The van der Waals surface area contributed by atoms with Gasteiger partial charge in [0.15, 0.2) is 0 Å². The summed E-state index contributed by atoms with van der Waals surface area (Å²) < 4.78 is 3.59. The Bertz CT molecular complexity index is 333. The summed E-state index contributed by atoms with van der Waals surface area (Å²) in [5.74, 6) is 0.755. The maximum absolute atomic E-state index is 11.6. The Morgan fingerprint density at radius 3 is 2.54 bits per heavy atom. The topological polar surface area (TPSA) is 26.9 Å². The fourth-order valence-electron chi connectivity index (χ4n) is 1.79. The number of aryl methyl sites for hydroxylation is 1. The third-order valence-corrected chi connectivity index (χ3v) is 2.94. The second-order valence-electron chi connectivity index (χ2n) is 3.82. The molecule has 3 nitrogen and oxygen atoms in total. The van der Waals surface area contributed by atoms with Crippen molar-refractivity contribution in [2.75, 3.05) is 0 Å². The minimum absolute atomic E-state index is 0.148. The van der Waals surface area contributed by atoms with Gasteiger partial charge < -0.3 is 0 Å². The quantitative estimate of drug-likeness (QED) is 0.692. The minimum Gasteiger partial charge on any atom is -0.300 e. The molecule has 1 aromatic heterocycles. The molecule has 0 N–H and O–H groups in total. The highest BCUT2D eigenvalue weighted by atomic mass is 16.1. The van der Waals surface area contributed by atoms with Crippen LogP contribution in [0.3, 0.4) is 0 Å². The first-order valence-corrected chi connectivity index (χ1v) is 5.07. The third-order valence-electron chi connectivity index (χ3n) is 2.94. The molecule has 3 heteroatoms. The molecule has 0 amide bonds. The molecule has 13 heavy (non-hydrogen) atoms. The maximum atomic E-state index is 11.6. The highest BCUT2D eigenvalue weighted by molar-refractivity contribution is 4.83. The Morgan fingerprint density at radius 1 is 1.38 bits per heavy atom. The summed E-state index contributed by atoms with van der Waals surface area (Å²) in [4.78, 5) is 11.6. The van der Waals surface area contributed by atoms with Crippen molar-refractivity contribution in [1.82, 2.24) is 9.13 Å². The normalized spacial score (nSPS) is 17.3. The van der Waals surface area contributed by atoms with Gasteiger partial charge in [0.2, 0.25) is 0 Å². The molecule has 1 aromatic rings. The average Bonchev–Trinajstić information content (AvgIpc) is 2.40. The molecule has 0 bridgehead atoms. The second kappa shape index (κ2) is 3.40. The van der Waals surface area contributed by atoms with E-state index in [2.05, 4.69) is 0 Å². The van der Waals surface area contributed by atoms with E-state index < -0.39 is 0 Å². The minimum atomic E-state index is 0.148. The molecule has 2 rings (SSSR count). The zero-order chi connectivity index (χ0) is 9.26. The molecule has 0 aromatic carbocycles. The van der Waals surface area contributed by atoms with Gasteiger partial charge in [-0.2, -0.15) is 0 Å². The molecule has 0 radical (unpaired) electrons. The first-order valence-electron chi connectivity index (χ1n) is 5.07. The lowest BCUT2D eigenvalue weighted by Crippen LogP contribution is -2.28. The Hall–Kier alpha value is -0.990. The van der Waals surface area contributed by atoms with E-state index >= 15 is 0 Å². The van der Waals surface area contributed by atoms with Crippen LogP contribution >= 0.6 is 0 Å². The highest BCUT2D eigenvalue weighted by Gasteiger charge is 2.18. The van der Waals surface area contributed by atoms with E-state index in [1.165, 1.54) is 19.3 Å². The molecule has 1 heterocycles. The largest absolute Gasteiger partial charge is 0.328 e. The Labute approximate surface area is 78.0 Å². The van der Waals surface area contributed by atoms with E-state index in [4.69, 9.17) is 0 Å². The fraction of sp³-hybridized carbons (Fsp3) is 0.700. The van der Waals surface area contributed by atoms with Crippen LogP contribution in [0.25, 0.3) is 0 Å². The van der Waals surface area contributed by atoms with Crippen molar-refractivity contribution in [3.8, 4) is 0 Å². The summed E-state index contributed by atoms with van der Waals surface area (Å²) in [5.41, 5.74) is 0.148. The van der Waals surface area contributed by atoms with Crippen molar-refractivity contribution < 1.29 is 0 Å². The van der Waals surface area contributed by atoms with Gasteiger partial charge in [0.05, 0.1) is 0 Å². The number of imidazole rings is 1. The Balaban J connectivity index is 2.11. The van der Waals surface area contributed by atoms with Crippen LogP contribution in [0.1, 0.15) is 26.2 Å². The number of rotatable bonds is 3. The molecule has 72 valence electrons. The summed E-state index contributed by atoms with van der Waals surface area (Å²) in [6.45, 7) is 3.69. The maximum Gasteiger partial charge on any atom is 0.328 e. The third kappa shape index (κ3) is 1.55. The average molecular weight is 180 g/mol. The van der Waals surface area contributed by atoms with Crippen LogP contribution in [0.4, 0.5) is 0 Å². The van der Waals surface area contributed by atoms with Crippen molar-refractivity contribution in [2.24, 2.45) is 5.92 Å². The molecular formula is C10H16N2O. The van der Waals surface area contributed by atoms with Crippen LogP contribution in [-0.4, -0.2) is 9.13 Å². The van der Waals surface area contributed by atoms with Gasteiger partial charge in [0.25, 0.3) is 0 Å². The van der Waals surface area contributed by atoms with Crippen molar-refractivity contribution >= 4 is 0 Å². The molecule has 0 aliphatic heterocycles. The van der Waals surface area contributed by atoms with E-state index in [1.54, 1.807) is 4.57 Å². The Morgan fingerprint density at radius 2 is 2.08 bits per heavy atom. The summed E-state index contributed by atoms with van der Waals surface area (Å²) in [7, 11) is 0. The Kier molecular flexibility index (Phi) is 2.25. The molecule has 1 fully saturated rings. The van der Waals surface area contributed by atoms with Gasteiger partial charge in [-0.05, 0) is 25.7 Å². The SMILES string of the molecule is CCn1ccn(CC2CCC2)c1=O. The molecule has 1 saturated carbocycles. The van der Waals surface area contributed by atoms with Crippen LogP contribution in [0.2, 0.25) is 0 Å². The summed E-state index contributed by atoms with van der Waals surface area (Å²) >= 11 is 0. The fourth-order valence-corrected chi connectivity index (χ4v) is 1.79. The molecule has 1 aliphatic carbocycles. The zero-order valence-corrected chi connectivity index (χ0v) is 8.07. The van der Waals surface area contributed by atoms with Crippen LogP contribution in [0.5, 0.6) is 0 Å². The lowest BCUT2D eigenvalue weighted by atomic mass is 9.85. The van der Waals surface area contributed by atoms with Crippen molar-refractivity contribution in [2.45, 2.75) is 39.3 Å². The van der Waals surface area contributed by atoms with Gasteiger partial charge >= 0.3 is 5.69 Å². The molecule has 0 spiro atoms. The summed E-state index contributed by atoms with van der Waals surface area (Å²) in [6, 6.07) is 0. The highest BCUT2D eigenvalue weighted by Crippen LogP contribution is 2.27. The molecular weight excluding hydrogens is 164 g/mol. The standard InChI is InChI=1S/C10H16N2O/c1-2-11-6-7-12(10(11)13)8-9-4-3-5-9/h6-7,9H,2-5,8H2,1H3. The predicted molar refractivity (Wildman–Crippen MR) is 51.7 cm³/mol. The molecule has 0 atom stereocenters. The van der Waals surface area contributed by atoms with Gasteiger partial charge in [-0.25, -0.2) is 4.79 Å².